The number of amides is 3. The van der Waals surface area contributed by atoms with E-state index in [9.17, 15) is 19.5 Å². The average molecular weight is 554 g/mol. The van der Waals surface area contributed by atoms with Crippen LogP contribution in [0, 0.1) is 11.8 Å². The van der Waals surface area contributed by atoms with Gasteiger partial charge in [0.15, 0.2) is 0 Å². The SMILES string of the molecule is C=CCN(CCCC)C(=O)C1N([C@H](C)CO)C(=O)[C@@H]2[C@H](C(=O)N(CC=C)Cc3ccccc3)[C@]3(C)CCC12S3. The predicted molar refractivity (Wildman–Crippen MR) is 156 cm³/mol. The third kappa shape index (κ3) is 5.06. The first kappa shape index (κ1) is 29.4. The van der Waals surface area contributed by atoms with Crippen LogP contribution in [-0.2, 0) is 20.9 Å². The number of unbranched alkanes of at least 4 members (excludes halogenated alkanes) is 1. The molecule has 1 N–H and O–H groups in total. The summed E-state index contributed by atoms with van der Waals surface area (Å²) >= 11 is 1.67. The maximum Gasteiger partial charge on any atom is 0.247 e. The van der Waals surface area contributed by atoms with Gasteiger partial charge < -0.3 is 19.8 Å². The molecule has 7 nitrogen and oxygen atoms in total. The van der Waals surface area contributed by atoms with Crippen molar-refractivity contribution in [1.29, 1.82) is 0 Å². The highest BCUT2D eigenvalue weighted by Gasteiger charge is 2.77. The van der Waals surface area contributed by atoms with Crippen LogP contribution in [0.1, 0.15) is 52.0 Å². The van der Waals surface area contributed by atoms with E-state index >= 15 is 0 Å². The summed E-state index contributed by atoms with van der Waals surface area (Å²) in [6.07, 6.45) is 6.70. The van der Waals surface area contributed by atoms with Gasteiger partial charge in [0.05, 0.1) is 29.2 Å². The highest BCUT2D eigenvalue weighted by molar-refractivity contribution is 8.02. The van der Waals surface area contributed by atoms with Gasteiger partial charge in [0.25, 0.3) is 0 Å². The fraction of sp³-hybridized carbons (Fsp3) is 0.581. The summed E-state index contributed by atoms with van der Waals surface area (Å²) in [5, 5.41) is 10.1. The molecule has 3 fully saturated rings. The number of fused-ring (bicyclic) bond motifs is 1. The van der Waals surface area contributed by atoms with Crippen LogP contribution in [-0.4, -0.2) is 85.3 Å². The third-order valence-corrected chi connectivity index (χ3v) is 10.8. The van der Waals surface area contributed by atoms with Gasteiger partial charge in [-0.15, -0.1) is 24.9 Å². The van der Waals surface area contributed by atoms with Crippen molar-refractivity contribution in [3.05, 3.63) is 61.2 Å². The first-order valence-corrected chi connectivity index (χ1v) is 15.0. The van der Waals surface area contributed by atoms with Crippen molar-refractivity contribution in [1.82, 2.24) is 14.7 Å². The predicted octanol–water partition coefficient (Wildman–Crippen LogP) is 3.88. The van der Waals surface area contributed by atoms with Crippen LogP contribution in [0.25, 0.3) is 0 Å². The maximum absolute atomic E-state index is 14.4. The second-order valence-electron chi connectivity index (χ2n) is 11.4. The average Bonchev–Trinajstić information content (AvgIpc) is 3.50. The number of hydrogen-bond donors (Lipinski definition) is 1. The topological polar surface area (TPSA) is 81.2 Å². The van der Waals surface area contributed by atoms with E-state index in [1.54, 1.807) is 45.5 Å². The van der Waals surface area contributed by atoms with E-state index < -0.39 is 33.4 Å². The Morgan fingerprint density at radius 3 is 2.44 bits per heavy atom. The Balaban J connectivity index is 1.75. The van der Waals surface area contributed by atoms with Crippen molar-refractivity contribution in [2.75, 3.05) is 26.2 Å². The van der Waals surface area contributed by atoms with Crippen molar-refractivity contribution >= 4 is 29.5 Å². The maximum atomic E-state index is 14.4. The van der Waals surface area contributed by atoms with Crippen molar-refractivity contribution in [2.24, 2.45) is 11.8 Å². The molecule has 0 saturated carbocycles. The molecule has 3 aliphatic heterocycles. The quantitative estimate of drug-likeness (QED) is 0.375. The number of carbonyl (C=O) groups is 3. The number of aliphatic hydroxyl groups excluding tert-OH is 1. The van der Waals surface area contributed by atoms with E-state index in [0.29, 0.717) is 32.6 Å². The Kier molecular flexibility index (Phi) is 8.96. The Hall–Kier alpha value is -2.58. The van der Waals surface area contributed by atoms with Crippen molar-refractivity contribution in [2.45, 2.75) is 74.6 Å². The molecule has 212 valence electrons. The van der Waals surface area contributed by atoms with E-state index in [1.807, 2.05) is 30.3 Å². The van der Waals surface area contributed by atoms with Gasteiger partial charge in [-0.1, -0.05) is 55.8 Å². The van der Waals surface area contributed by atoms with E-state index in [0.717, 1.165) is 24.8 Å². The number of nitrogens with zero attached hydrogens (tertiary/aromatic N) is 3. The molecule has 2 unspecified atom stereocenters. The zero-order valence-corrected chi connectivity index (χ0v) is 24.4. The minimum absolute atomic E-state index is 0.0627. The van der Waals surface area contributed by atoms with Crippen LogP contribution in [0.15, 0.2) is 55.6 Å². The lowest BCUT2D eigenvalue weighted by Crippen LogP contribution is -2.57. The van der Waals surface area contributed by atoms with E-state index in [2.05, 4.69) is 27.0 Å². The Labute approximate surface area is 237 Å². The normalized spacial score (nSPS) is 29.7. The molecule has 0 aromatic heterocycles. The van der Waals surface area contributed by atoms with Gasteiger partial charge in [0, 0.05) is 30.9 Å². The molecule has 1 aromatic carbocycles. The zero-order valence-electron chi connectivity index (χ0n) is 23.6. The number of rotatable bonds is 13. The van der Waals surface area contributed by atoms with Crippen LogP contribution in [0.4, 0.5) is 0 Å². The van der Waals surface area contributed by atoms with E-state index in [1.165, 1.54) is 0 Å². The fourth-order valence-electron chi connectivity index (χ4n) is 6.94. The summed E-state index contributed by atoms with van der Waals surface area (Å²) in [5.74, 6) is -1.51. The summed E-state index contributed by atoms with van der Waals surface area (Å²) in [6, 6.07) is 8.59. The highest BCUT2D eigenvalue weighted by Crippen LogP contribution is 2.71. The van der Waals surface area contributed by atoms with Gasteiger partial charge in [0.1, 0.15) is 6.04 Å². The number of benzene rings is 1. The second kappa shape index (κ2) is 11.9. The first-order valence-electron chi connectivity index (χ1n) is 14.2. The Morgan fingerprint density at radius 2 is 1.82 bits per heavy atom. The molecule has 1 spiro atoms. The molecule has 3 amide bonds. The molecule has 8 heteroatoms. The minimum Gasteiger partial charge on any atom is -0.394 e. The highest BCUT2D eigenvalue weighted by atomic mass is 32.2. The number of aliphatic hydroxyl groups is 1. The van der Waals surface area contributed by atoms with Crippen LogP contribution in [0.2, 0.25) is 0 Å². The number of thioether (sulfide) groups is 1. The molecule has 39 heavy (non-hydrogen) atoms. The summed E-state index contributed by atoms with van der Waals surface area (Å²) in [5.41, 5.74) is 1.01. The monoisotopic (exact) mass is 553 g/mol. The first-order chi connectivity index (χ1) is 18.7. The van der Waals surface area contributed by atoms with E-state index in [-0.39, 0.29) is 24.3 Å². The summed E-state index contributed by atoms with van der Waals surface area (Å²) in [4.78, 5) is 48.1. The molecular formula is C31H43N3O4S. The molecule has 0 radical (unpaired) electrons. The van der Waals surface area contributed by atoms with Gasteiger partial charge in [0.2, 0.25) is 17.7 Å². The van der Waals surface area contributed by atoms with Crippen molar-refractivity contribution in [3.63, 3.8) is 0 Å². The zero-order chi connectivity index (χ0) is 28.4. The largest absolute Gasteiger partial charge is 0.394 e. The molecule has 0 aliphatic carbocycles. The summed E-state index contributed by atoms with van der Waals surface area (Å²) in [6.45, 7) is 15.2. The number of likely N-dealkylation sites (tertiary alicyclic amines) is 1. The lowest BCUT2D eigenvalue weighted by molar-refractivity contribution is -0.147. The lowest BCUT2D eigenvalue weighted by atomic mass is 9.66. The summed E-state index contributed by atoms with van der Waals surface area (Å²) in [7, 11) is 0. The Bertz CT molecular complexity index is 1100. The molecular weight excluding hydrogens is 510 g/mol. The molecule has 2 bridgehead atoms. The van der Waals surface area contributed by atoms with Crippen molar-refractivity contribution in [3.8, 4) is 0 Å². The fourth-order valence-corrected chi connectivity index (χ4v) is 9.27. The van der Waals surface area contributed by atoms with Gasteiger partial charge in [-0.25, -0.2) is 0 Å². The van der Waals surface area contributed by atoms with Gasteiger partial charge in [-0.05, 0) is 38.7 Å². The lowest BCUT2D eigenvalue weighted by Gasteiger charge is -2.39. The van der Waals surface area contributed by atoms with Crippen LogP contribution in [0.3, 0.4) is 0 Å². The number of carbonyl (C=O) groups excluding carboxylic acids is 3. The summed E-state index contributed by atoms with van der Waals surface area (Å²) < 4.78 is -1.15. The van der Waals surface area contributed by atoms with Crippen LogP contribution >= 0.6 is 11.8 Å². The third-order valence-electron chi connectivity index (χ3n) is 8.77. The molecule has 4 rings (SSSR count). The molecule has 6 atom stereocenters. The molecule has 1 aromatic rings. The van der Waals surface area contributed by atoms with E-state index in [4.69, 9.17) is 0 Å². The van der Waals surface area contributed by atoms with Gasteiger partial charge >= 0.3 is 0 Å². The Morgan fingerprint density at radius 1 is 1.15 bits per heavy atom. The minimum atomic E-state index is -0.722. The van der Waals surface area contributed by atoms with Crippen LogP contribution in [0.5, 0.6) is 0 Å². The van der Waals surface area contributed by atoms with Crippen LogP contribution < -0.4 is 0 Å². The molecule has 3 aliphatic rings. The van der Waals surface area contributed by atoms with Gasteiger partial charge in [-0.2, -0.15) is 0 Å². The second-order valence-corrected chi connectivity index (χ2v) is 13.3. The van der Waals surface area contributed by atoms with Crippen molar-refractivity contribution < 1.29 is 19.5 Å². The van der Waals surface area contributed by atoms with Gasteiger partial charge in [-0.3, -0.25) is 14.4 Å². The standard InChI is InChI=1S/C31H43N3O4S/c1-6-9-19-32(17-7-2)29(38)26-31-16-15-30(5,39-31)24(25(31)28(37)34(26)22(4)21-35)27(36)33(18-8-3)20-23-13-11-10-12-14-23/h7-8,10-14,22,24-26,35H,2-3,6,9,15-21H2,1,4-5H3/t22-,24-,25+,26?,30+,31?/m1/s1. The smallest absolute Gasteiger partial charge is 0.247 e. The molecule has 3 saturated heterocycles. The number of hydrogen-bond acceptors (Lipinski definition) is 5. The molecule has 3 heterocycles.